The van der Waals surface area contributed by atoms with E-state index in [0.717, 1.165) is 6.07 Å². The minimum absolute atomic E-state index is 0.102. The SMILES string of the molecule is CC1(C)CC(NC(=O)Nc2c(F)cc(F)cc2Br)C(C)(C)O1. The van der Waals surface area contributed by atoms with E-state index >= 15 is 0 Å². The number of hydrogen-bond acceptors (Lipinski definition) is 2. The summed E-state index contributed by atoms with van der Waals surface area (Å²) in [6.45, 7) is 7.68. The van der Waals surface area contributed by atoms with Crippen LogP contribution in [0.25, 0.3) is 0 Å². The predicted octanol–water partition coefficient (Wildman–Crippen LogP) is 4.19. The molecule has 1 aromatic rings. The minimum atomic E-state index is -0.843. The fourth-order valence-electron chi connectivity index (χ4n) is 2.76. The molecule has 0 radical (unpaired) electrons. The van der Waals surface area contributed by atoms with Crippen LogP contribution in [0.1, 0.15) is 34.1 Å². The van der Waals surface area contributed by atoms with Crippen molar-refractivity contribution in [3.63, 3.8) is 0 Å². The number of carbonyl (C=O) groups is 1. The third-order valence-corrected chi connectivity index (χ3v) is 4.25. The molecule has 22 heavy (non-hydrogen) atoms. The van der Waals surface area contributed by atoms with Crippen LogP contribution < -0.4 is 10.6 Å². The second-order valence-corrected chi connectivity index (χ2v) is 7.42. The van der Waals surface area contributed by atoms with Gasteiger partial charge < -0.3 is 15.4 Å². The highest BCUT2D eigenvalue weighted by Gasteiger charge is 2.46. The average molecular weight is 377 g/mol. The summed E-state index contributed by atoms with van der Waals surface area (Å²) in [5.41, 5.74) is -0.974. The second-order valence-electron chi connectivity index (χ2n) is 6.56. The van der Waals surface area contributed by atoms with Gasteiger partial charge in [-0.25, -0.2) is 13.6 Å². The van der Waals surface area contributed by atoms with Crippen molar-refractivity contribution < 1.29 is 18.3 Å². The fraction of sp³-hybridized carbons (Fsp3) is 0.533. The van der Waals surface area contributed by atoms with E-state index in [2.05, 4.69) is 26.6 Å². The van der Waals surface area contributed by atoms with Crippen LogP contribution in [-0.4, -0.2) is 23.3 Å². The zero-order valence-electron chi connectivity index (χ0n) is 12.9. The van der Waals surface area contributed by atoms with Crippen molar-refractivity contribution in [3.8, 4) is 0 Å². The summed E-state index contributed by atoms with van der Waals surface area (Å²) < 4.78 is 32.8. The van der Waals surface area contributed by atoms with Gasteiger partial charge in [0.15, 0.2) is 5.82 Å². The van der Waals surface area contributed by atoms with Crippen LogP contribution in [0.5, 0.6) is 0 Å². The molecule has 1 aromatic carbocycles. The lowest BCUT2D eigenvalue weighted by atomic mass is 9.95. The maximum Gasteiger partial charge on any atom is 0.319 e. The van der Waals surface area contributed by atoms with E-state index in [1.807, 2.05) is 27.7 Å². The van der Waals surface area contributed by atoms with Gasteiger partial charge in [-0.15, -0.1) is 0 Å². The lowest BCUT2D eigenvalue weighted by Gasteiger charge is -2.27. The molecule has 1 saturated heterocycles. The maximum atomic E-state index is 13.7. The first-order valence-electron chi connectivity index (χ1n) is 6.92. The van der Waals surface area contributed by atoms with E-state index < -0.39 is 23.3 Å². The molecule has 7 heteroatoms. The number of hydrogen-bond donors (Lipinski definition) is 2. The number of benzene rings is 1. The fourth-order valence-corrected chi connectivity index (χ4v) is 3.26. The summed E-state index contributed by atoms with van der Waals surface area (Å²) in [6.07, 6.45) is 0.639. The van der Waals surface area contributed by atoms with Crippen molar-refractivity contribution in [3.05, 3.63) is 28.2 Å². The Morgan fingerprint density at radius 2 is 1.95 bits per heavy atom. The van der Waals surface area contributed by atoms with E-state index in [4.69, 9.17) is 4.74 Å². The van der Waals surface area contributed by atoms with Crippen molar-refractivity contribution in [2.45, 2.75) is 51.4 Å². The third kappa shape index (κ3) is 3.76. The van der Waals surface area contributed by atoms with Crippen LogP contribution >= 0.6 is 15.9 Å². The molecule has 2 rings (SSSR count). The molecule has 0 bridgehead atoms. The summed E-state index contributed by atoms with van der Waals surface area (Å²) in [4.78, 5) is 12.1. The summed E-state index contributed by atoms with van der Waals surface area (Å²) in [6, 6.07) is 1.02. The summed E-state index contributed by atoms with van der Waals surface area (Å²) >= 11 is 3.03. The largest absolute Gasteiger partial charge is 0.367 e. The highest BCUT2D eigenvalue weighted by atomic mass is 79.9. The Balaban J connectivity index is 2.09. The first kappa shape index (κ1) is 17.1. The zero-order chi connectivity index (χ0) is 16.7. The molecule has 1 aliphatic rings. The monoisotopic (exact) mass is 376 g/mol. The Bertz CT molecular complexity index is 582. The summed E-state index contributed by atoms with van der Waals surface area (Å²) in [7, 11) is 0. The number of carbonyl (C=O) groups excluding carboxylic acids is 1. The maximum absolute atomic E-state index is 13.7. The molecule has 0 saturated carbocycles. The second kappa shape index (κ2) is 5.77. The van der Waals surface area contributed by atoms with Gasteiger partial charge in [-0.2, -0.15) is 0 Å². The van der Waals surface area contributed by atoms with Gasteiger partial charge in [0.25, 0.3) is 0 Å². The van der Waals surface area contributed by atoms with E-state index in [1.165, 1.54) is 0 Å². The Kier molecular flexibility index (Phi) is 4.50. The van der Waals surface area contributed by atoms with Crippen molar-refractivity contribution in [2.24, 2.45) is 0 Å². The standard InChI is InChI=1S/C15H19BrF2N2O2/c1-14(2)7-11(15(3,4)22-14)19-13(21)20-12-9(16)5-8(17)6-10(12)18/h5-6,11H,7H2,1-4H3,(H2,19,20,21). The van der Waals surface area contributed by atoms with Gasteiger partial charge in [0.05, 0.1) is 22.9 Å². The van der Waals surface area contributed by atoms with Crippen molar-refractivity contribution in [2.75, 3.05) is 5.32 Å². The quantitative estimate of drug-likeness (QED) is 0.812. The highest BCUT2D eigenvalue weighted by Crippen LogP contribution is 2.37. The van der Waals surface area contributed by atoms with Gasteiger partial charge in [-0.1, -0.05) is 0 Å². The number of anilines is 1. The molecular formula is C15H19BrF2N2O2. The Hall–Kier alpha value is -1.21. The van der Waals surface area contributed by atoms with Gasteiger partial charge in [-0.05, 0) is 56.1 Å². The van der Waals surface area contributed by atoms with Crippen LogP contribution in [0.2, 0.25) is 0 Å². The van der Waals surface area contributed by atoms with Crippen molar-refractivity contribution >= 4 is 27.6 Å². The Morgan fingerprint density at radius 1 is 1.32 bits per heavy atom. The third-order valence-electron chi connectivity index (χ3n) is 3.62. The molecule has 0 aromatic heterocycles. The lowest BCUT2D eigenvalue weighted by molar-refractivity contribution is -0.0689. The molecule has 0 spiro atoms. The number of rotatable bonds is 2. The molecule has 2 N–H and O–H groups in total. The lowest BCUT2D eigenvalue weighted by Crippen LogP contribution is -2.47. The summed E-state index contributed by atoms with van der Waals surface area (Å²) in [5.74, 6) is -1.56. The molecule has 4 nitrogen and oxygen atoms in total. The molecular weight excluding hydrogens is 358 g/mol. The van der Waals surface area contributed by atoms with Crippen LogP contribution in [0.3, 0.4) is 0 Å². The van der Waals surface area contributed by atoms with Gasteiger partial charge in [0.2, 0.25) is 0 Å². The zero-order valence-corrected chi connectivity index (χ0v) is 14.5. The smallest absolute Gasteiger partial charge is 0.319 e. The van der Waals surface area contributed by atoms with Gasteiger partial charge in [0, 0.05) is 10.5 Å². The van der Waals surface area contributed by atoms with Crippen LogP contribution in [0, 0.1) is 11.6 Å². The highest BCUT2D eigenvalue weighted by molar-refractivity contribution is 9.10. The van der Waals surface area contributed by atoms with E-state index in [9.17, 15) is 13.6 Å². The number of nitrogens with one attached hydrogen (secondary N) is 2. The molecule has 1 fully saturated rings. The van der Waals surface area contributed by atoms with Crippen LogP contribution in [0.15, 0.2) is 16.6 Å². The molecule has 1 unspecified atom stereocenters. The number of halogens is 3. The Morgan fingerprint density at radius 3 is 2.45 bits per heavy atom. The Labute approximate surface area is 136 Å². The van der Waals surface area contributed by atoms with Gasteiger partial charge >= 0.3 is 6.03 Å². The average Bonchev–Trinajstić information content (AvgIpc) is 2.51. The van der Waals surface area contributed by atoms with Crippen LogP contribution in [-0.2, 0) is 4.74 Å². The predicted molar refractivity (Wildman–Crippen MR) is 83.9 cm³/mol. The summed E-state index contributed by atoms with van der Waals surface area (Å²) in [5, 5.41) is 5.19. The van der Waals surface area contributed by atoms with E-state index in [1.54, 1.807) is 0 Å². The van der Waals surface area contributed by atoms with Gasteiger partial charge in [0.1, 0.15) is 5.82 Å². The van der Waals surface area contributed by atoms with E-state index in [0.29, 0.717) is 12.5 Å². The van der Waals surface area contributed by atoms with Gasteiger partial charge in [-0.3, -0.25) is 0 Å². The molecule has 2 amide bonds. The topological polar surface area (TPSA) is 50.4 Å². The number of amides is 2. The van der Waals surface area contributed by atoms with Crippen molar-refractivity contribution in [1.82, 2.24) is 5.32 Å². The number of urea groups is 1. The van der Waals surface area contributed by atoms with Crippen LogP contribution in [0.4, 0.5) is 19.3 Å². The molecule has 122 valence electrons. The number of ether oxygens (including phenoxy) is 1. The molecule has 1 heterocycles. The minimum Gasteiger partial charge on any atom is -0.367 e. The van der Waals surface area contributed by atoms with Crippen molar-refractivity contribution in [1.29, 1.82) is 0 Å². The first-order chi connectivity index (χ1) is 10.00. The molecule has 0 aliphatic carbocycles. The first-order valence-corrected chi connectivity index (χ1v) is 7.72. The molecule has 1 aliphatic heterocycles. The molecule has 1 atom stereocenters. The van der Waals surface area contributed by atoms with E-state index in [-0.39, 0.29) is 21.8 Å². The normalized spacial score (nSPS) is 22.4.